The summed E-state index contributed by atoms with van der Waals surface area (Å²) in [6.07, 6.45) is 0. The minimum Gasteiger partial charge on any atom is -0.410 e. The standard InChI is InChI=1S/C12H24N2O2S/c1-8(2)7-17-11(14-16)9(10(15)13-6)12(3,4)5/h8-9,16H,7H2,1-6H3,(H,13,15). The maximum atomic E-state index is 11.9. The minimum atomic E-state index is -0.416. The summed E-state index contributed by atoms with van der Waals surface area (Å²) in [5.74, 6) is 0.799. The van der Waals surface area contributed by atoms with Crippen molar-refractivity contribution in [2.24, 2.45) is 22.4 Å². The van der Waals surface area contributed by atoms with E-state index in [0.717, 1.165) is 5.75 Å². The van der Waals surface area contributed by atoms with E-state index < -0.39 is 5.92 Å². The fourth-order valence-electron chi connectivity index (χ4n) is 1.44. The molecule has 0 rings (SSSR count). The average Bonchev–Trinajstić information content (AvgIpc) is 2.20. The Morgan fingerprint density at radius 1 is 1.41 bits per heavy atom. The van der Waals surface area contributed by atoms with Gasteiger partial charge in [-0.05, 0) is 11.3 Å². The molecule has 5 heteroatoms. The van der Waals surface area contributed by atoms with Gasteiger partial charge in [-0.25, -0.2) is 0 Å². The Morgan fingerprint density at radius 2 is 1.94 bits per heavy atom. The van der Waals surface area contributed by atoms with Gasteiger partial charge < -0.3 is 10.5 Å². The van der Waals surface area contributed by atoms with Crippen molar-refractivity contribution in [2.75, 3.05) is 12.8 Å². The molecular weight excluding hydrogens is 236 g/mol. The first kappa shape index (κ1) is 16.3. The number of oxime groups is 1. The van der Waals surface area contributed by atoms with Crippen LogP contribution in [-0.2, 0) is 4.79 Å². The van der Waals surface area contributed by atoms with Crippen molar-refractivity contribution in [1.29, 1.82) is 0 Å². The molecular formula is C12H24N2O2S. The minimum absolute atomic E-state index is 0.110. The van der Waals surface area contributed by atoms with Crippen molar-refractivity contribution in [3.63, 3.8) is 0 Å². The predicted octanol–water partition coefficient (Wildman–Crippen LogP) is 2.57. The number of nitrogens with one attached hydrogen (secondary N) is 1. The molecule has 2 N–H and O–H groups in total. The summed E-state index contributed by atoms with van der Waals surface area (Å²) in [4.78, 5) is 11.9. The molecule has 0 aliphatic heterocycles. The summed E-state index contributed by atoms with van der Waals surface area (Å²) in [6.45, 7) is 10.1. The largest absolute Gasteiger partial charge is 0.410 e. The van der Waals surface area contributed by atoms with Gasteiger partial charge in [0, 0.05) is 12.8 Å². The van der Waals surface area contributed by atoms with Gasteiger partial charge in [-0.1, -0.05) is 39.8 Å². The summed E-state index contributed by atoms with van der Waals surface area (Å²) in [5, 5.41) is 15.5. The van der Waals surface area contributed by atoms with Crippen LogP contribution in [0, 0.1) is 17.3 Å². The van der Waals surface area contributed by atoms with Crippen LogP contribution in [0.3, 0.4) is 0 Å². The van der Waals surface area contributed by atoms with Crippen LogP contribution in [0.5, 0.6) is 0 Å². The summed E-state index contributed by atoms with van der Waals surface area (Å²) in [5.41, 5.74) is -0.272. The molecule has 100 valence electrons. The van der Waals surface area contributed by atoms with Crippen molar-refractivity contribution in [3.05, 3.63) is 0 Å². The summed E-state index contributed by atoms with van der Waals surface area (Å²) in [7, 11) is 1.60. The molecule has 0 aromatic heterocycles. The molecule has 0 radical (unpaired) electrons. The van der Waals surface area contributed by atoms with Crippen LogP contribution in [-0.4, -0.2) is 29.0 Å². The Hall–Kier alpha value is -0.710. The van der Waals surface area contributed by atoms with Crippen LogP contribution < -0.4 is 5.32 Å². The van der Waals surface area contributed by atoms with Crippen LogP contribution >= 0.6 is 11.8 Å². The second kappa shape index (κ2) is 6.89. The van der Waals surface area contributed by atoms with Gasteiger partial charge in [-0.2, -0.15) is 0 Å². The molecule has 0 aliphatic carbocycles. The monoisotopic (exact) mass is 260 g/mol. The zero-order valence-corrected chi connectivity index (χ0v) is 12.4. The molecule has 0 fully saturated rings. The molecule has 0 saturated heterocycles. The Bertz CT molecular complexity index is 283. The lowest BCUT2D eigenvalue weighted by Crippen LogP contribution is -2.40. The maximum Gasteiger partial charge on any atom is 0.230 e. The highest BCUT2D eigenvalue weighted by Crippen LogP contribution is 2.32. The Balaban J connectivity index is 4.95. The first-order chi connectivity index (χ1) is 7.73. The molecule has 0 spiro atoms. The molecule has 0 bridgehead atoms. The number of hydrogen-bond donors (Lipinski definition) is 2. The van der Waals surface area contributed by atoms with Crippen molar-refractivity contribution < 1.29 is 10.0 Å². The zero-order valence-electron chi connectivity index (χ0n) is 11.6. The van der Waals surface area contributed by atoms with Gasteiger partial charge in [0.25, 0.3) is 0 Å². The van der Waals surface area contributed by atoms with Gasteiger partial charge in [0.1, 0.15) is 5.04 Å². The zero-order chi connectivity index (χ0) is 13.6. The lowest BCUT2D eigenvalue weighted by atomic mass is 9.80. The molecule has 0 aromatic rings. The van der Waals surface area contributed by atoms with Gasteiger partial charge in [0.05, 0.1) is 5.92 Å². The van der Waals surface area contributed by atoms with E-state index in [2.05, 4.69) is 24.3 Å². The summed E-state index contributed by atoms with van der Waals surface area (Å²) < 4.78 is 0. The van der Waals surface area contributed by atoms with Gasteiger partial charge in [-0.3, -0.25) is 4.79 Å². The first-order valence-electron chi connectivity index (χ1n) is 5.80. The lowest BCUT2D eigenvalue weighted by molar-refractivity contribution is -0.124. The normalized spacial score (nSPS) is 14.9. The summed E-state index contributed by atoms with van der Waals surface area (Å²) in [6, 6.07) is 0. The van der Waals surface area contributed by atoms with E-state index >= 15 is 0 Å². The quantitative estimate of drug-likeness (QED) is 0.353. The fourth-order valence-corrected chi connectivity index (χ4v) is 2.63. The number of thioether (sulfide) groups is 1. The summed E-state index contributed by atoms with van der Waals surface area (Å²) >= 11 is 1.45. The number of nitrogens with zero attached hydrogens (tertiary/aromatic N) is 1. The molecule has 0 heterocycles. The van der Waals surface area contributed by atoms with E-state index in [4.69, 9.17) is 5.21 Å². The number of hydrogen-bond acceptors (Lipinski definition) is 4. The SMILES string of the molecule is CNC(=O)C(C(=NO)SCC(C)C)C(C)(C)C. The number of carbonyl (C=O) groups excluding carboxylic acids is 1. The smallest absolute Gasteiger partial charge is 0.230 e. The second-order valence-electron chi connectivity index (χ2n) is 5.56. The molecule has 1 atom stereocenters. The molecule has 17 heavy (non-hydrogen) atoms. The Labute approximate surface area is 108 Å². The van der Waals surface area contributed by atoms with E-state index in [-0.39, 0.29) is 11.3 Å². The second-order valence-corrected chi connectivity index (χ2v) is 6.60. The van der Waals surface area contributed by atoms with Crippen LogP contribution in [0.4, 0.5) is 0 Å². The average molecular weight is 260 g/mol. The van der Waals surface area contributed by atoms with E-state index in [9.17, 15) is 4.79 Å². The van der Waals surface area contributed by atoms with Crippen molar-refractivity contribution in [1.82, 2.24) is 5.32 Å². The third-order valence-electron chi connectivity index (χ3n) is 2.28. The molecule has 0 aliphatic rings. The topological polar surface area (TPSA) is 61.7 Å². The molecule has 0 aromatic carbocycles. The molecule has 4 nitrogen and oxygen atoms in total. The lowest BCUT2D eigenvalue weighted by Gasteiger charge is -2.29. The van der Waals surface area contributed by atoms with E-state index in [1.165, 1.54) is 11.8 Å². The van der Waals surface area contributed by atoms with Gasteiger partial charge in [0.2, 0.25) is 5.91 Å². The molecule has 1 unspecified atom stereocenters. The fraction of sp³-hybridized carbons (Fsp3) is 0.833. The Kier molecular flexibility index (Phi) is 6.60. The first-order valence-corrected chi connectivity index (χ1v) is 6.79. The highest BCUT2D eigenvalue weighted by atomic mass is 32.2. The number of rotatable bonds is 4. The van der Waals surface area contributed by atoms with E-state index in [1.54, 1.807) is 7.05 Å². The highest BCUT2D eigenvalue weighted by Gasteiger charge is 2.36. The van der Waals surface area contributed by atoms with Crippen LogP contribution in [0.2, 0.25) is 0 Å². The number of amides is 1. The molecule has 0 saturated carbocycles. The predicted molar refractivity (Wildman–Crippen MR) is 73.5 cm³/mol. The van der Waals surface area contributed by atoms with E-state index in [0.29, 0.717) is 11.0 Å². The Morgan fingerprint density at radius 3 is 2.24 bits per heavy atom. The van der Waals surface area contributed by atoms with Crippen molar-refractivity contribution in [2.45, 2.75) is 34.6 Å². The van der Waals surface area contributed by atoms with Crippen molar-refractivity contribution >= 4 is 22.7 Å². The van der Waals surface area contributed by atoms with Crippen LogP contribution in [0.25, 0.3) is 0 Å². The van der Waals surface area contributed by atoms with E-state index in [1.807, 2.05) is 20.8 Å². The van der Waals surface area contributed by atoms with Gasteiger partial charge in [-0.15, -0.1) is 11.8 Å². The number of carbonyl (C=O) groups is 1. The molecule has 1 amide bonds. The third-order valence-corrected chi connectivity index (χ3v) is 3.73. The van der Waals surface area contributed by atoms with Crippen LogP contribution in [0.1, 0.15) is 34.6 Å². The maximum absolute atomic E-state index is 11.9. The van der Waals surface area contributed by atoms with Crippen LogP contribution in [0.15, 0.2) is 5.16 Å². The third kappa shape index (κ3) is 5.44. The van der Waals surface area contributed by atoms with Crippen molar-refractivity contribution in [3.8, 4) is 0 Å². The highest BCUT2D eigenvalue weighted by molar-refractivity contribution is 8.14. The van der Waals surface area contributed by atoms with Gasteiger partial charge in [0.15, 0.2) is 0 Å². The van der Waals surface area contributed by atoms with Gasteiger partial charge >= 0.3 is 0 Å².